The van der Waals surface area contributed by atoms with Crippen LogP contribution in [0, 0.1) is 19.8 Å². The number of amides is 1. The zero-order chi connectivity index (χ0) is 23.4. The molecule has 6 heteroatoms. The molecule has 2 aromatic rings. The molecule has 0 bridgehead atoms. The molecule has 5 nitrogen and oxygen atoms in total. The van der Waals surface area contributed by atoms with Gasteiger partial charge < -0.3 is 10.2 Å². The molecule has 1 saturated carbocycles. The second-order valence-electron chi connectivity index (χ2n) is 10.3. The van der Waals surface area contributed by atoms with Crippen molar-refractivity contribution < 1.29 is 4.79 Å². The number of aryl methyl sites for hydroxylation is 2. The van der Waals surface area contributed by atoms with Gasteiger partial charge in [-0.3, -0.25) is 9.69 Å². The molecule has 1 N–H and O–H groups in total. The van der Waals surface area contributed by atoms with Crippen LogP contribution in [0.3, 0.4) is 0 Å². The van der Waals surface area contributed by atoms with Gasteiger partial charge in [-0.05, 0) is 70.1 Å². The number of anilines is 1. The highest BCUT2D eigenvalue weighted by Gasteiger charge is 2.28. The van der Waals surface area contributed by atoms with Crippen LogP contribution in [0.1, 0.15) is 76.3 Å². The highest BCUT2D eigenvalue weighted by atomic mass is 32.1. The van der Waals surface area contributed by atoms with Gasteiger partial charge in [0.05, 0.1) is 16.1 Å². The SMILES string of the molecule is CC[C@@H](C)N(CCNC(=O)[C@@H]1CCCN(c2nc3c(C)cc(C)cc3s2)C1)C1CCCCC1. The number of nitrogens with zero attached hydrogens (tertiary/aromatic N) is 3. The van der Waals surface area contributed by atoms with Crippen molar-refractivity contribution in [2.75, 3.05) is 31.1 Å². The highest BCUT2D eigenvalue weighted by molar-refractivity contribution is 7.22. The summed E-state index contributed by atoms with van der Waals surface area (Å²) in [6, 6.07) is 5.71. The van der Waals surface area contributed by atoms with E-state index in [1.807, 2.05) is 0 Å². The lowest BCUT2D eigenvalue weighted by Gasteiger charge is -2.38. The first-order chi connectivity index (χ1) is 16.0. The van der Waals surface area contributed by atoms with Gasteiger partial charge in [0, 0.05) is 38.3 Å². The lowest BCUT2D eigenvalue weighted by atomic mass is 9.93. The highest BCUT2D eigenvalue weighted by Crippen LogP contribution is 2.33. The lowest BCUT2D eigenvalue weighted by molar-refractivity contribution is -0.125. The fourth-order valence-corrected chi connectivity index (χ4v) is 6.90. The molecular formula is C27H42N4OS. The summed E-state index contributed by atoms with van der Waals surface area (Å²) in [5.41, 5.74) is 3.63. The average Bonchev–Trinajstić information content (AvgIpc) is 3.26. The number of rotatable bonds is 8. The van der Waals surface area contributed by atoms with E-state index in [4.69, 9.17) is 4.98 Å². The molecule has 2 fully saturated rings. The number of carbonyl (C=O) groups is 1. The van der Waals surface area contributed by atoms with Gasteiger partial charge in [-0.2, -0.15) is 0 Å². The minimum Gasteiger partial charge on any atom is -0.355 e. The Bertz CT molecular complexity index is 936. The number of benzene rings is 1. The van der Waals surface area contributed by atoms with E-state index in [-0.39, 0.29) is 11.8 Å². The average molecular weight is 471 g/mol. The Morgan fingerprint density at radius 3 is 2.76 bits per heavy atom. The maximum absolute atomic E-state index is 13.1. The number of carbonyl (C=O) groups excluding carboxylic acids is 1. The zero-order valence-electron chi connectivity index (χ0n) is 21.0. The Hall–Kier alpha value is -1.66. The van der Waals surface area contributed by atoms with Gasteiger partial charge in [-0.15, -0.1) is 0 Å². The molecule has 0 spiro atoms. The predicted molar refractivity (Wildman–Crippen MR) is 140 cm³/mol. The van der Waals surface area contributed by atoms with Crippen LogP contribution in [0.4, 0.5) is 5.13 Å². The quantitative estimate of drug-likeness (QED) is 0.539. The smallest absolute Gasteiger partial charge is 0.224 e. The maximum Gasteiger partial charge on any atom is 0.224 e. The molecule has 1 aliphatic carbocycles. The van der Waals surface area contributed by atoms with Crippen LogP contribution in [0.25, 0.3) is 10.2 Å². The van der Waals surface area contributed by atoms with E-state index in [1.165, 1.54) is 54.4 Å². The Morgan fingerprint density at radius 2 is 2.00 bits per heavy atom. The third-order valence-corrected chi connectivity index (χ3v) is 8.81. The molecule has 1 aliphatic heterocycles. The fourth-order valence-electron chi connectivity index (χ4n) is 5.72. The molecule has 1 amide bonds. The number of hydrogen-bond donors (Lipinski definition) is 1. The van der Waals surface area contributed by atoms with Crippen molar-refractivity contribution in [3.63, 3.8) is 0 Å². The summed E-state index contributed by atoms with van der Waals surface area (Å²) in [4.78, 5) is 23.0. The number of aromatic nitrogens is 1. The van der Waals surface area contributed by atoms with Crippen LogP contribution in [0.5, 0.6) is 0 Å². The second-order valence-corrected chi connectivity index (χ2v) is 11.3. The summed E-state index contributed by atoms with van der Waals surface area (Å²) in [7, 11) is 0. The third-order valence-electron chi connectivity index (χ3n) is 7.75. The van der Waals surface area contributed by atoms with E-state index in [0.717, 1.165) is 49.7 Å². The molecule has 1 aromatic heterocycles. The Kier molecular flexibility index (Phi) is 8.29. The Balaban J connectivity index is 1.33. The largest absolute Gasteiger partial charge is 0.355 e. The molecule has 4 rings (SSSR count). The minimum absolute atomic E-state index is 0.0559. The van der Waals surface area contributed by atoms with E-state index >= 15 is 0 Å². The maximum atomic E-state index is 13.1. The molecule has 2 heterocycles. The molecule has 1 saturated heterocycles. The summed E-state index contributed by atoms with van der Waals surface area (Å²) in [5, 5.41) is 4.36. The predicted octanol–water partition coefficient (Wildman–Crippen LogP) is 5.68. The van der Waals surface area contributed by atoms with Crippen LogP contribution < -0.4 is 10.2 Å². The van der Waals surface area contributed by atoms with Gasteiger partial charge in [-0.25, -0.2) is 4.98 Å². The van der Waals surface area contributed by atoms with Crippen LogP contribution in [-0.2, 0) is 4.79 Å². The van der Waals surface area contributed by atoms with E-state index in [2.05, 4.69) is 54.9 Å². The molecule has 0 unspecified atom stereocenters. The lowest BCUT2D eigenvalue weighted by Crippen LogP contribution is -2.48. The Morgan fingerprint density at radius 1 is 1.21 bits per heavy atom. The van der Waals surface area contributed by atoms with Crippen molar-refractivity contribution in [3.8, 4) is 0 Å². The number of piperidine rings is 1. The molecular weight excluding hydrogens is 428 g/mol. The van der Waals surface area contributed by atoms with E-state index < -0.39 is 0 Å². The van der Waals surface area contributed by atoms with Gasteiger partial charge in [-0.1, -0.05) is 43.6 Å². The number of fused-ring (bicyclic) bond motifs is 1. The van der Waals surface area contributed by atoms with Gasteiger partial charge >= 0.3 is 0 Å². The summed E-state index contributed by atoms with van der Waals surface area (Å²) in [5.74, 6) is 0.279. The number of nitrogens with one attached hydrogen (secondary N) is 1. The monoisotopic (exact) mass is 470 g/mol. The van der Waals surface area contributed by atoms with Crippen LogP contribution >= 0.6 is 11.3 Å². The summed E-state index contributed by atoms with van der Waals surface area (Å²) in [6.45, 7) is 12.4. The third kappa shape index (κ3) is 5.89. The molecule has 33 heavy (non-hydrogen) atoms. The van der Waals surface area contributed by atoms with E-state index in [0.29, 0.717) is 12.1 Å². The van der Waals surface area contributed by atoms with Gasteiger partial charge in [0.25, 0.3) is 0 Å². The second kappa shape index (κ2) is 11.2. The van der Waals surface area contributed by atoms with Crippen molar-refractivity contribution in [1.29, 1.82) is 0 Å². The van der Waals surface area contributed by atoms with E-state index in [9.17, 15) is 4.79 Å². The standard InChI is InChI=1S/C27H42N4OS/c1-5-21(4)31(23-11-7-6-8-12-23)15-13-28-26(32)22-10-9-14-30(18-22)27-29-25-20(3)16-19(2)17-24(25)33-27/h16-17,21-23H,5-15,18H2,1-4H3,(H,28,32)/t21-,22-/m1/s1. The van der Waals surface area contributed by atoms with Crippen LogP contribution in [-0.4, -0.2) is 54.1 Å². The zero-order valence-corrected chi connectivity index (χ0v) is 21.8. The molecule has 182 valence electrons. The topological polar surface area (TPSA) is 48.5 Å². The Labute approximate surface area is 203 Å². The summed E-state index contributed by atoms with van der Waals surface area (Å²) in [6.07, 6.45) is 9.92. The van der Waals surface area contributed by atoms with Crippen molar-refractivity contribution in [1.82, 2.24) is 15.2 Å². The van der Waals surface area contributed by atoms with Crippen LogP contribution in [0.15, 0.2) is 12.1 Å². The molecule has 2 atom stereocenters. The van der Waals surface area contributed by atoms with Crippen molar-refractivity contribution in [2.45, 2.75) is 91.1 Å². The first-order valence-corrected chi connectivity index (χ1v) is 13.9. The molecule has 0 radical (unpaired) electrons. The summed E-state index contributed by atoms with van der Waals surface area (Å²) < 4.78 is 1.25. The first-order valence-electron chi connectivity index (χ1n) is 13.1. The molecule has 2 aliphatic rings. The van der Waals surface area contributed by atoms with Gasteiger partial charge in [0.1, 0.15) is 0 Å². The number of hydrogen-bond acceptors (Lipinski definition) is 5. The van der Waals surface area contributed by atoms with Crippen molar-refractivity contribution in [3.05, 3.63) is 23.3 Å². The summed E-state index contributed by atoms with van der Waals surface area (Å²) >= 11 is 1.77. The van der Waals surface area contributed by atoms with Crippen molar-refractivity contribution in [2.24, 2.45) is 5.92 Å². The minimum atomic E-state index is 0.0559. The number of thiazole rings is 1. The van der Waals surface area contributed by atoms with E-state index in [1.54, 1.807) is 11.3 Å². The van der Waals surface area contributed by atoms with Crippen molar-refractivity contribution >= 4 is 32.6 Å². The first kappa shape index (κ1) is 24.5. The van der Waals surface area contributed by atoms with Crippen LogP contribution in [0.2, 0.25) is 0 Å². The van der Waals surface area contributed by atoms with Gasteiger partial charge in [0.2, 0.25) is 5.91 Å². The molecule has 1 aromatic carbocycles. The normalized spacial score (nSPS) is 21.0. The van der Waals surface area contributed by atoms with Gasteiger partial charge in [0.15, 0.2) is 5.13 Å². The fraction of sp³-hybridized carbons (Fsp3) is 0.704.